The average Bonchev–Trinajstić information content (AvgIpc) is 2.58. The van der Waals surface area contributed by atoms with Crippen LogP contribution in [0.25, 0.3) is 0 Å². The molecule has 27 heavy (non-hydrogen) atoms. The van der Waals surface area contributed by atoms with Gasteiger partial charge in [-0.25, -0.2) is 9.97 Å². The minimum Gasteiger partial charge on any atom is -0.406 e. The Kier molecular flexibility index (Phi) is 6.49. The third-order valence-electron chi connectivity index (χ3n) is 3.50. The van der Waals surface area contributed by atoms with E-state index in [-0.39, 0.29) is 41.9 Å². The van der Waals surface area contributed by atoms with Crippen molar-refractivity contribution in [2.45, 2.75) is 33.2 Å². The summed E-state index contributed by atoms with van der Waals surface area (Å²) >= 11 is 0. The van der Waals surface area contributed by atoms with Gasteiger partial charge in [-0.3, -0.25) is 9.59 Å². The second kappa shape index (κ2) is 8.61. The molecule has 0 aliphatic heterocycles. The number of carbonyl (C=O) groups is 2. The van der Waals surface area contributed by atoms with Crippen LogP contribution >= 0.6 is 0 Å². The highest BCUT2D eigenvalue weighted by molar-refractivity contribution is 5.92. The minimum absolute atomic E-state index is 0.0157. The fourth-order valence-electron chi connectivity index (χ4n) is 2.10. The van der Waals surface area contributed by atoms with Gasteiger partial charge in [0, 0.05) is 18.7 Å². The molecule has 6 nitrogen and oxygen atoms in total. The smallest absolute Gasteiger partial charge is 0.406 e. The van der Waals surface area contributed by atoms with Crippen LogP contribution in [0.1, 0.15) is 35.7 Å². The van der Waals surface area contributed by atoms with E-state index in [1.54, 1.807) is 19.9 Å². The van der Waals surface area contributed by atoms with Crippen molar-refractivity contribution in [1.82, 2.24) is 15.3 Å². The van der Waals surface area contributed by atoms with Crippen molar-refractivity contribution in [3.63, 3.8) is 0 Å². The van der Waals surface area contributed by atoms with Crippen LogP contribution in [0.5, 0.6) is 5.75 Å². The molecule has 1 aromatic carbocycles. The van der Waals surface area contributed by atoms with Crippen LogP contribution in [0.2, 0.25) is 0 Å². The zero-order valence-electron chi connectivity index (χ0n) is 14.7. The van der Waals surface area contributed by atoms with Crippen LogP contribution in [-0.4, -0.2) is 28.0 Å². The third kappa shape index (κ3) is 6.69. The summed E-state index contributed by atoms with van der Waals surface area (Å²) < 4.78 is 40.6. The summed E-state index contributed by atoms with van der Waals surface area (Å²) in [5.41, 5.74) is 0.494. The topological polar surface area (TPSA) is 81.2 Å². The first-order valence-corrected chi connectivity index (χ1v) is 8.11. The van der Waals surface area contributed by atoms with E-state index in [2.05, 4.69) is 20.0 Å². The molecule has 2 aromatic rings. The summed E-state index contributed by atoms with van der Waals surface area (Å²) in [6.45, 7) is 3.50. The largest absolute Gasteiger partial charge is 0.573 e. The normalized spacial score (nSPS) is 11.3. The molecule has 0 aliphatic rings. The lowest BCUT2D eigenvalue weighted by Gasteiger charge is -2.10. The maximum atomic E-state index is 12.3. The van der Waals surface area contributed by atoms with Gasteiger partial charge in [0.2, 0.25) is 0 Å². The van der Waals surface area contributed by atoms with Crippen LogP contribution in [0.3, 0.4) is 0 Å². The van der Waals surface area contributed by atoms with Crippen molar-refractivity contribution in [3.8, 4) is 5.75 Å². The Labute approximate surface area is 153 Å². The highest BCUT2D eigenvalue weighted by Crippen LogP contribution is 2.23. The molecule has 1 N–H and O–H groups in total. The van der Waals surface area contributed by atoms with Crippen molar-refractivity contribution in [1.29, 1.82) is 0 Å². The number of aromatic nitrogens is 2. The molecule has 0 saturated heterocycles. The lowest BCUT2D eigenvalue weighted by Crippen LogP contribution is -2.25. The highest BCUT2D eigenvalue weighted by atomic mass is 19.4. The Morgan fingerprint density at radius 1 is 1.22 bits per heavy atom. The van der Waals surface area contributed by atoms with Gasteiger partial charge in [-0.1, -0.05) is 26.0 Å². The number of amides is 1. The first-order valence-electron chi connectivity index (χ1n) is 8.11. The molecule has 0 aliphatic carbocycles. The molecule has 9 heteroatoms. The quantitative estimate of drug-likeness (QED) is 0.797. The monoisotopic (exact) mass is 381 g/mol. The molecule has 0 bridgehead atoms. The van der Waals surface area contributed by atoms with E-state index in [4.69, 9.17) is 0 Å². The van der Waals surface area contributed by atoms with Gasteiger partial charge in [0.15, 0.2) is 0 Å². The van der Waals surface area contributed by atoms with Gasteiger partial charge in [0.1, 0.15) is 23.1 Å². The molecular formula is C18H18F3N3O3. The molecule has 0 atom stereocenters. The number of halogens is 3. The SMILES string of the molecule is CC(C)C(=O)Cc1nccc(C(=O)NCc2cccc(OC(F)(F)F)c2)n1. The second-order valence-electron chi connectivity index (χ2n) is 6.03. The lowest BCUT2D eigenvalue weighted by molar-refractivity contribution is -0.274. The van der Waals surface area contributed by atoms with Crippen molar-refractivity contribution in [2.24, 2.45) is 5.92 Å². The Morgan fingerprint density at radius 2 is 1.96 bits per heavy atom. The van der Waals surface area contributed by atoms with E-state index in [0.717, 1.165) is 0 Å². The second-order valence-corrected chi connectivity index (χ2v) is 6.03. The fraction of sp³-hybridized carbons (Fsp3) is 0.333. The zero-order valence-corrected chi connectivity index (χ0v) is 14.7. The zero-order chi connectivity index (χ0) is 20.0. The van der Waals surface area contributed by atoms with Crippen molar-refractivity contribution in [2.75, 3.05) is 0 Å². The number of hydrogen-bond acceptors (Lipinski definition) is 5. The maximum Gasteiger partial charge on any atom is 0.573 e. The first kappa shape index (κ1) is 20.3. The summed E-state index contributed by atoms with van der Waals surface area (Å²) in [6.07, 6.45) is -3.38. The molecule has 1 aromatic heterocycles. The number of ketones is 1. The highest BCUT2D eigenvalue weighted by Gasteiger charge is 2.31. The van der Waals surface area contributed by atoms with Gasteiger partial charge in [0.25, 0.3) is 5.91 Å². The van der Waals surface area contributed by atoms with Gasteiger partial charge in [-0.15, -0.1) is 13.2 Å². The van der Waals surface area contributed by atoms with Crippen LogP contribution in [0.15, 0.2) is 36.5 Å². The van der Waals surface area contributed by atoms with Crippen molar-refractivity contribution in [3.05, 3.63) is 53.6 Å². The van der Waals surface area contributed by atoms with Gasteiger partial charge < -0.3 is 10.1 Å². The van der Waals surface area contributed by atoms with Gasteiger partial charge in [-0.2, -0.15) is 0 Å². The predicted octanol–water partition coefficient (Wildman–Crippen LogP) is 3.07. The summed E-state index contributed by atoms with van der Waals surface area (Å²) in [6, 6.07) is 6.68. The number of carbonyl (C=O) groups excluding carboxylic acids is 2. The van der Waals surface area contributed by atoms with Crippen LogP contribution in [-0.2, 0) is 17.8 Å². The molecule has 1 heterocycles. The van der Waals surface area contributed by atoms with E-state index in [9.17, 15) is 22.8 Å². The van der Waals surface area contributed by atoms with Crippen molar-refractivity contribution >= 4 is 11.7 Å². The van der Waals surface area contributed by atoms with E-state index in [0.29, 0.717) is 5.56 Å². The summed E-state index contributed by atoms with van der Waals surface area (Å²) in [4.78, 5) is 32.0. The predicted molar refractivity (Wildman–Crippen MR) is 89.9 cm³/mol. The minimum atomic E-state index is -4.79. The van der Waals surface area contributed by atoms with E-state index in [1.165, 1.54) is 30.5 Å². The van der Waals surface area contributed by atoms with E-state index < -0.39 is 12.3 Å². The van der Waals surface area contributed by atoms with Crippen LogP contribution < -0.4 is 10.1 Å². The van der Waals surface area contributed by atoms with E-state index in [1.807, 2.05) is 0 Å². The maximum absolute atomic E-state index is 12.3. The van der Waals surface area contributed by atoms with Crippen LogP contribution in [0.4, 0.5) is 13.2 Å². The molecule has 0 radical (unpaired) electrons. The average molecular weight is 381 g/mol. The number of rotatable bonds is 7. The first-order chi connectivity index (χ1) is 12.6. The summed E-state index contributed by atoms with van der Waals surface area (Å²) in [5.74, 6) is -0.878. The standard InChI is InChI=1S/C18H18F3N3O3/c1-11(2)15(25)9-16-22-7-6-14(24-16)17(26)23-10-12-4-3-5-13(8-12)27-18(19,20)21/h3-8,11H,9-10H2,1-2H3,(H,23,26). The van der Waals surface area contributed by atoms with Gasteiger partial charge >= 0.3 is 6.36 Å². The number of nitrogens with one attached hydrogen (secondary N) is 1. The Bertz CT molecular complexity index is 823. The van der Waals surface area contributed by atoms with Crippen LogP contribution in [0, 0.1) is 5.92 Å². The third-order valence-corrected chi connectivity index (χ3v) is 3.50. The number of benzene rings is 1. The Balaban J connectivity index is 2.00. The van der Waals surface area contributed by atoms with E-state index >= 15 is 0 Å². The number of alkyl halides is 3. The number of hydrogen-bond donors (Lipinski definition) is 1. The molecular weight excluding hydrogens is 363 g/mol. The summed E-state index contributed by atoms with van der Waals surface area (Å²) in [7, 11) is 0. The molecule has 2 rings (SSSR count). The lowest BCUT2D eigenvalue weighted by atomic mass is 10.1. The summed E-state index contributed by atoms with van der Waals surface area (Å²) in [5, 5.41) is 2.56. The van der Waals surface area contributed by atoms with Gasteiger partial charge in [0.05, 0.1) is 6.42 Å². The number of nitrogens with zero attached hydrogens (tertiary/aromatic N) is 2. The van der Waals surface area contributed by atoms with Crippen molar-refractivity contribution < 1.29 is 27.5 Å². The molecule has 0 spiro atoms. The number of Topliss-reactive ketones (excluding diaryl/α,β-unsaturated/α-hetero) is 1. The molecule has 0 unspecified atom stereocenters. The molecule has 1 amide bonds. The molecule has 144 valence electrons. The van der Waals surface area contributed by atoms with Gasteiger partial charge in [-0.05, 0) is 23.8 Å². The Morgan fingerprint density at radius 3 is 2.63 bits per heavy atom. The molecule has 0 fully saturated rings. The fourth-order valence-corrected chi connectivity index (χ4v) is 2.10. The molecule has 0 saturated carbocycles. The number of ether oxygens (including phenoxy) is 1. The Hall–Kier alpha value is -2.97.